The second-order valence-corrected chi connectivity index (χ2v) is 5.66. The smallest absolute Gasteiger partial charge is 0.165 e. The molecule has 0 atom stereocenters. The molecule has 0 radical (unpaired) electrons. The number of methoxy groups -OCH3 is 1. The van der Waals surface area contributed by atoms with Crippen LogP contribution in [0.4, 0.5) is 4.39 Å². The lowest BCUT2D eigenvalue weighted by Crippen LogP contribution is -2.32. The van der Waals surface area contributed by atoms with Crippen molar-refractivity contribution in [1.29, 1.82) is 0 Å². The van der Waals surface area contributed by atoms with Crippen LogP contribution in [0.1, 0.15) is 18.4 Å². The summed E-state index contributed by atoms with van der Waals surface area (Å²) in [5, 5.41) is 0. The first-order valence-corrected chi connectivity index (χ1v) is 6.80. The number of benzene rings is 1. The molecule has 1 aliphatic carbocycles. The molecular formula is C15H23FN2O. The molecule has 3 nitrogen and oxygen atoms in total. The summed E-state index contributed by atoms with van der Waals surface area (Å²) in [5.41, 5.74) is 7.15. The summed E-state index contributed by atoms with van der Waals surface area (Å²) < 4.78 is 18.5. The Kier molecular flexibility index (Phi) is 4.42. The molecule has 0 spiro atoms. The third kappa shape index (κ3) is 3.67. The molecule has 0 saturated heterocycles. The molecule has 0 unspecified atom stereocenters. The molecule has 1 saturated carbocycles. The molecule has 1 fully saturated rings. The first-order chi connectivity index (χ1) is 9.08. The minimum Gasteiger partial charge on any atom is -0.494 e. The molecule has 106 valence electrons. The van der Waals surface area contributed by atoms with Gasteiger partial charge in [-0.05, 0) is 56.0 Å². The molecule has 1 aromatic carbocycles. The topological polar surface area (TPSA) is 38.5 Å². The third-order valence-corrected chi connectivity index (χ3v) is 3.99. The Morgan fingerprint density at radius 2 is 2.16 bits per heavy atom. The summed E-state index contributed by atoms with van der Waals surface area (Å²) >= 11 is 0. The predicted octanol–water partition coefficient (Wildman–Crippen LogP) is 2.05. The summed E-state index contributed by atoms with van der Waals surface area (Å²) in [6.07, 6.45) is 3.33. The van der Waals surface area contributed by atoms with Crippen LogP contribution in [0.25, 0.3) is 0 Å². The van der Waals surface area contributed by atoms with E-state index in [1.54, 1.807) is 12.1 Å². The van der Waals surface area contributed by atoms with Crippen LogP contribution < -0.4 is 10.5 Å². The number of likely N-dealkylation sites (N-methyl/N-ethyl adjacent to an activating group) is 1. The molecule has 4 heteroatoms. The maximum absolute atomic E-state index is 13.6. The van der Waals surface area contributed by atoms with E-state index >= 15 is 0 Å². The van der Waals surface area contributed by atoms with Crippen LogP contribution in [0, 0.1) is 11.2 Å². The van der Waals surface area contributed by atoms with Crippen molar-refractivity contribution in [2.24, 2.45) is 11.1 Å². The van der Waals surface area contributed by atoms with Crippen LogP contribution in [0.3, 0.4) is 0 Å². The maximum Gasteiger partial charge on any atom is 0.165 e. The highest BCUT2D eigenvalue weighted by Crippen LogP contribution is 2.44. The second-order valence-electron chi connectivity index (χ2n) is 5.66. The maximum atomic E-state index is 13.6. The Morgan fingerprint density at radius 1 is 1.42 bits per heavy atom. The fraction of sp³-hybridized carbons (Fsp3) is 0.600. The molecule has 2 rings (SSSR count). The second kappa shape index (κ2) is 5.88. The van der Waals surface area contributed by atoms with Gasteiger partial charge in [0.1, 0.15) is 0 Å². The van der Waals surface area contributed by atoms with Crippen molar-refractivity contribution in [3.05, 3.63) is 29.6 Å². The van der Waals surface area contributed by atoms with E-state index in [1.165, 1.54) is 20.0 Å². The lowest BCUT2D eigenvalue weighted by molar-refractivity contribution is 0.269. The van der Waals surface area contributed by atoms with E-state index in [0.29, 0.717) is 11.2 Å². The molecule has 0 amide bonds. The minimum absolute atomic E-state index is 0.289. The van der Waals surface area contributed by atoms with Crippen molar-refractivity contribution in [3.8, 4) is 5.75 Å². The first kappa shape index (κ1) is 14.3. The average Bonchev–Trinajstić information content (AvgIpc) is 3.17. The summed E-state index contributed by atoms with van der Waals surface area (Å²) in [6, 6.07) is 5.17. The van der Waals surface area contributed by atoms with Gasteiger partial charge in [-0.25, -0.2) is 4.39 Å². The number of halogens is 1. The standard InChI is InChI=1S/C15H23FN2O/c1-18(11-15(10-17)6-7-15)8-5-12-3-4-14(19-2)13(16)9-12/h3-4,9H,5-8,10-11,17H2,1-2H3. The zero-order chi connectivity index (χ0) is 13.9. The normalized spacial score (nSPS) is 16.7. The predicted molar refractivity (Wildman–Crippen MR) is 74.9 cm³/mol. The summed E-state index contributed by atoms with van der Waals surface area (Å²) in [7, 11) is 3.59. The number of hydrogen-bond donors (Lipinski definition) is 1. The number of nitrogens with zero attached hydrogens (tertiary/aromatic N) is 1. The van der Waals surface area contributed by atoms with Gasteiger partial charge < -0.3 is 15.4 Å². The summed E-state index contributed by atoms with van der Waals surface area (Å²) in [5.74, 6) is 0.0143. The van der Waals surface area contributed by atoms with E-state index in [4.69, 9.17) is 10.5 Å². The van der Waals surface area contributed by atoms with E-state index < -0.39 is 0 Å². The Bertz CT molecular complexity index is 432. The van der Waals surface area contributed by atoms with E-state index in [1.807, 2.05) is 6.07 Å². The minimum atomic E-state index is -0.289. The Morgan fingerprint density at radius 3 is 2.68 bits per heavy atom. The summed E-state index contributed by atoms with van der Waals surface area (Å²) in [4.78, 5) is 2.29. The fourth-order valence-corrected chi connectivity index (χ4v) is 2.44. The van der Waals surface area contributed by atoms with Gasteiger partial charge in [0.2, 0.25) is 0 Å². The van der Waals surface area contributed by atoms with E-state index in [2.05, 4.69) is 11.9 Å². The first-order valence-electron chi connectivity index (χ1n) is 6.80. The van der Waals surface area contributed by atoms with Crippen LogP contribution in [0.5, 0.6) is 5.75 Å². The average molecular weight is 266 g/mol. The molecule has 1 aromatic rings. The van der Waals surface area contributed by atoms with E-state index in [-0.39, 0.29) is 5.82 Å². The summed E-state index contributed by atoms with van der Waals surface area (Å²) in [6.45, 7) is 2.74. The van der Waals surface area contributed by atoms with Crippen LogP contribution in [-0.2, 0) is 6.42 Å². The van der Waals surface area contributed by atoms with Crippen LogP contribution in [0.15, 0.2) is 18.2 Å². The van der Waals surface area contributed by atoms with Gasteiger partial charge in [0.15, 0.2) is 11.6 Å². The Balaban J connectivity index is 1.83. The van der Waals surface area contributed by atoms with Gasteiger partial charge >= 0.3 is 0 Å². The molecule has 19 heavy (non-hydrogen) atoms. The zero-order valence-corrected chi connectivity index (χ0v) is 11.8. The SMILES string of the molecule is COc1ccc(CCN(C)CC2(CN)CC2)cc1F. The van der Waals surface area contributed by atoms with Gasteiger partial charge in [0.05, 0.1) is 7.11 Å². The van der Waals surface area contributed by atoms with Crippen molar-refractivity contribution >= 4 is 0 Å². The molecule has 1 aliphatic rings. The highest BCUT2D eigenvalue weighted by molar-refractivity contribution is 5.29. The monoisotopic (exact) mass is 266 g/mol. The lowest BCUT2D eigenvalue weighted by Gasteiger charge is -2.22. The molecule has 0 aromatic heterocycles. The van der Waals surface area contributed by atoms with Crippen molar-refractivity contribution in [2.45, 2.75) is 19.3 Å². The highest BCUT2D eigenvalue weighted by Gasteiger charge is 2.41. The van der Waals surface area contributed by atoms with Crippen LogP contribution >= 0.6 is 0 Å². The zero-order valence-electron chi connectivity index (χ0n) is 11.8. The van der Waals surface area contributed by atoms with Gasteiger partial charge in [-0.3, -0.25) is 0 Å². The lowest BCUT2D eigenvalue weighted by atomic mass is 10.1. The fourth-order valence-electron chi connectivity index (χ4n) is 2.44. The molecular weight excluding hydrogens is 243 g/mol. The van der Waals surface area contributed by atoms with Gasteiger partial charge in [0, 0.05) is 13.1 Å². The number of rotatable bonds is 7. The van der Waals surface area contributed by atoms with Crippen LogP contribution in [0.2, 0.25) is 0 Å². The molecule has 0 heterocycles. The Hall–Kier alpha value is -1.13. The van der Waals surface area contributed by atoms with Gasteiger partial charge in [-0.1, -0.05) is 6.07 Å². The number of hydrogen-bond acceptors (Lipinski definition) is 3. The van der Waals surface area contributed by atoms with Crippen molar-refractivity contribution in [3.63, 3.8) is 0 Å². The largest absolute Gasteiger partial charge is 0.494 e. The quantitative estimate of drug-likeness (QED) is 0.821. The molecule has 0 aliphatic heterocycles. The van der Waals surface area contributed by atoms with E-state index in [9.17, 15) is 4.39 Å². The van der Waals surface area contributed by atoms with E-state index in [0.717, 1.165) is 31.6 Å². The van der Waals surface area contributed by atoms with Crippen molar-refractivity contribution < 1.29 is 9.13 Å². The molecule has 2 N–H and O–H groups in total. The van der Waals surface area contributed by atoms with Crippen molar-refractivity contribution in [1.82, 2.24) is 4.90 Å². The number of nitrogens with two attached hydrogens (primary N) is 1. The van der Waals surface area contributed by atoms with Gasteiger partial charge in [-0.2, -0.15) is 0 Å². The molecule has 0 bridgehead atoms. The number of ether oxygens (including phenoxy) is 1. The highest BCUT2D eigenvalue weighted by atomic mass is 19.1. The Labute approximate surface area is 114 Å². The van der Waals surface area contributed by atoms with Crippen LogP contribution in [-0.4, -0.2) is 38.7 Å². The van der Waals surface area contributed by atoms with Gasteiger partial charge in [-0.15, -0.1) is 0 Å². The van der Waals surface area contributed by atoms with Gasteiger partial charge in [0.25, 0.3) is 0 Å². The van der Waals surface area contributed by atoms with Crippen molar-refractivity contribution in [2.75, 3.05) is 33.8 Å². The third-order valence-electron chi connectivity index (χ3n) is 3.99.